The standard InChI is InChI=1S/C15H19F2N3O2/c1-2-5-18-15(22)19-13(21)9-20-6-3-4-10-7-11(16)8-12(17)14(10)20/h7-8H,2-6,9H2,1H3,(H2,18,19,21,22). The van der Waals surface area contributed by atoms with E-state index >= 15 is 0 Å². The molecule has 0 aromatic heterocycles. The molecule has 0 saturated heterocycles. The molecule has 2 rings (SSSR count). The minimum atomic E-state index is -0.682. The maximum Gasteiger partial charge on any atom is 0.321 e. The molecule has 0 aliphatic carbocycles. The third kappa shape index (κ3) is 3.93. The van der Waals surface area contributed by atoms with E-state index in [1.54, 1.807) is 0 Å². The number of imide groups is 1. The third-order valence-corrected chi connectivity index (χ3v) is 3.42. The number of nitrogens with zero attached hydrogens (tertiary/aromatic N) is 1. The van der Waals surface area contributed by atoms with Gasteiger partial charge in [-0.15, -0.1) is 0 Å². The minimum Gasteiger partial charge on any atom is -0.360 e. The van der Waals surface area contributed by atoms with Crippen molar-refractivity contribution in [1.82, 2.24) is 10.6 Å². The summed E-state index contributed by atoms with van der Waals surface area (Å²) in [6, 6.07) is 1.53. The normalized spacial score (nSPS) is 13.5. The monoisotopic (exact) mass is 311 g/mol. The van der Waals surface area contributed by atoms with Gasteiger partial charge in [-0.2, -0.15) is 0 Å². The molecule has 3 amide bonds. The summed E-state index contributed by atoms with van der Waals surface area (Å²) in [7, 11) is 0. The number of rotatable bonds is 4. The van der Waals surface area contributed by atoms with E-state index in [0.29, 0.717) is 31.5 Å². The molecule has 7 heteroatoms. The predicted molar refractivity (Wildman–Crippen MR) is 78.7 cm³/mol. The summed E-state index contributed by atoms with van der Waals surface area (Å²) < 4.78 is 27.2. The van der Waals surface area contributed by atoms with Crippen LogP contribution in [0.5, 0.6) is 0 Å². The highest BCUT2D eigenvalue weighted by atomic mass is 19.1. The van der Waals surface area contributed by atoms with Crippen LogP contribution in [0.25, 0.3) is 0 Å². The van der Waals surface area contributed by atoms with E-state index in [-0.39, 0.29) is 12.2 Å². The lowest BCUT2D eigenvalue weighted by atomic mass is 10.0. The number of halogens is 2. The van der Waals surface area contributed by atoms with Crippen LogP contribution in [-0.4, -0.2) is 31.6 Å². The fraction of sp³-hybridized carbons (Fsp3) is 0.467. The van der Waals surface area contributed by atoms with Crippen molar-refractivity contribution < 1.29 is 18.4 Å². The van der Waals surface area contributed by atoms with Crippen molar-refractivity contribution in [1.29, 1.82) is 0 Å². The third-order valence-electron chi connectivity index (χ3n) is 3.42. The Morgan fingerprint density at radius 1 is 1.32 bits per heavy atom. The molecular weight excluding hydrogens is 292 g/mol. The van der Waals surface area contributed by atoms with Gasteiger partial charge in [0.2, 0.25) is 5.91 Å². The second-order valence-corrected chi connectivity index (χ2v) is 5.22. The molecule has 2 N–H and O–H groups in total. The van der Waals surface area contributed by atoms with Crippen molar-refractivity contribution in [2.75, 3.05) is 24.5 Å². The highest BCUT2D eigenvalue weighted by Gasteiger charge is 2.24. The minimum absolute atomic E-state index is 0.144. The van der Waals surface area contributed by atoms with E-state index in [1.807, 2.05) is 6.92 Å². The number of urea groups is 1. The van der Waals surface area contributed by atoms with Gasteiger partial charge in [0.05, 0.1) is 12.2 Å². The van der Waals surface area contributed by atoms with Crippen LogP contribution in [0, 0.1) is 11.6 Å². The number of carbonyl (C=O) groups excluding carboxylic acids is 2. The Labute approximate surface area is 127 Å². The van der Waals surface area contributed by atoms with E-state index in [9.17, 15) is 18.4 Å². The first-order valence-electron chi connectivity index (χ1n) is 7.31. The second kappa shape index (κ2) is 7.20. The molecule has 1 heterocycles. The van der Waals surface area contributed by atoms with Gasteiger partial charge >= 0.3 is 6.03 Å². The number of amides is 3. The van der Waals surface area contributed by atoms with Crippen LogP contribution in [0.2, 0.25) is 0 Å². The topological polar surface area (TPSA) is 61.4 Å². The first-order chi connectivity index (χ1) is 10.5. The van der Waals surface area contributed by atoms with Crippen LogP contribution in [0.4, 0.5) is 19.3 Å². The Bertz CT molecular complexity index is 578. The second-order valence-electron chi connectivity index (χ2n) is 5.22. The summed E-state index contributed by atoms with van der Waals surface area (Å²) in [5.41, 5.74) is 0.795. The van der Waals surface area contributed by atoms with E-state index in [2.05, 4.69) is 10.6 Å². The molecule has 1 aliphatic heterocycles. The molecule has 120 valence electrons. The average molecular weight is 311 g/mol. The first-order valence-corrected chi connectivity index (χ1v) is 7.31. The Morgan fingerprint density at radius 2 is 2.09 bits per heavy atom. The molecule has 0 radical (unpaired) electrons. The number of anilines is 1. The Morgan fingerprint density at radius 3 is 2.82 bits per heavy atom. The molecule has 1 aromatic carbocycles. The van der Waals surface area contributed by atoms with Crippen molar-refractivity contribution in [2.45, 2.75) is 26.2 Å². The summed E-state index contributed by atoms with van der Waals surface area (Å²) in [4.78, 5) is 24.8. The molecule has 22 heavy (non-hydrogen) atoms. The van der Waals surface area contributed by atoms with E-state index in [0.717, 1.165) is 12.5 Å². The molecule has 5 nitrogen and oxygen atoms in total. The van der Waals surface area contributed by atoms with E-state index in [1.165, 1.54) is 11.0 Å². The van der Waals surface area contributed by atoms with Crippen LogP contribution in [-0.2, 0) is 11.2 Å². The molecule has 1 aliphatic rings. The van der Waals surface area contributed by atoms with E-state index in [4.69, 9.17) is 0 Å². The van der Waals surface area contributed by atoms with Crippen molar-refractivity contribution >= 4 is 17.6 Å². The lowest BCUT2D eigenvalue weighted by Crippen LogP contribution is -2.46. The molecule has 0 spiro atoms. The first kappa shape index (κ1) is 16.2. The smallest absolute Gasteiger partial charge is 0.321 e. The zero-order valence-corrected chi connectivity index (χ0v) is 12.4. The fourth-order valence-electron chi connectivity index (χ4n) is 2.52. The van der Waals surface area contributed by atoms with Gasteiger partial charge in [-0.3, -0.25) is 10.1 Å². The molecule has 0 atom stereocenters. The predicted octanol–water partition coefficient (Wildman–Crippen LogP) is 1.95. The lowest BCUT2D eigenvalue weighted by Gasteiger charge is -2.31. The summed E-state index contributed by atoms with van der Waals surface area (Å²) in [5, 5.41) is 4.72. The maximum atomic E-state index is 14.0. The van der Waals surface area contributed by atoms with Crippen LogP contribution in [0.15, 0.2) is 12.1 Å². The Hall–Kier alpha value is -2.18. The zero-order valence-electron chi connectivity index (χ0n) is 12.4. The number of benzene rings is 1. The average Bonchev–Trinajstić information content (AvgIpc) is 2.44. The highest BCUT2D eigenvalue weighted by Crippen LogP contribution is 2.30. The quantitative estimate of drug-likeness (QED) is 0.893. The number of aryl methyl sites for hydroxylation is 1. The fourth-order valence-corrected chi connectivity index (χ4v) is 2.52. The van der Waals surface area contributed by atoms with Gasteiger partial charge in [0.15, 0.2) is 0 Å². The largest absolute Gasteiger partial charge is 0.360 e. The van der Waals surface area contributed by atoms with Gasteiger partial charge in [0, 0.05) is 19.2 Å². The summed E-state index contributed by atoms with van der Waals surface area (Å²) in [6.45, 7) is 2.71. The maximum absolute atomic E-state index is 14.0. The van der Waals surface area contributed by atoms with Gasteiger partial charge in [-0.05, 0) is 30.9 Å². The molecular formula is C15H19F2N3O2. The van der Waals surface area contributed by atoms with Gasteiger partial charge < -0.3 is 10.2 Å². The Balaban J connectivity index is 2.03. The molecule has 0 unspecified atom stereocenters. The van der Waals surface area contributed by atoms with Crippen molar-refractivity contribution in [2.24, 2.45) is 0 Å². The number of hydrogen-bond acceptors (Lipinski definition) is 3. The number of nitrogens with one attached hydrogen (secondary N) is 2. The van der Waals surface area contributed by atoms with Crippen molar-refractivity contribution in [3.8, 4) is 0 Å². The summed E-state index contributed by atoms with van der Waals surface area (Å²) >= 11 is 0. The van der Waals surface area contributed by atoms with Crippen LogP contribution in [0.1, 0.15) is 25.3 Å². The Kier molecular flexibility index (Phi) is 5.30. The van der Waals surface area contributed by atoms with Crippen molar-refractivity contribution in [3.63, 3.8) is 0 Å². The van der Waals surface area contributed by atoms with Crippen molar-refractivity contribution in [3.05, 3.63) is 29.3 Å². The van der Waals surface area contributed by atoms with E-state index < -0.39 is 23.6 Å². The molecule has 0 bridgehead atoms. The highest BCUT2D eigenvalue weighted by molar-refractivity contribution is 5.96. The van der Waals surface area contributed by atoms with Crippen LogP contribution in [0.3, 0.4) is 0 Å². The molecule has 0 fully saturated rings. The van der Waals surface area contributed by atoms with Crippen LogP contribution < -0.4 is 15.5 Å². The molecule has 0 saturated carbocycles. The van der Waals surface area contributed by atoms with Gasteiger partial charge in [0.1, 0.15) is 11.6 Å². The number of hydrogen-bond donors (Lipinski definition) is 2. The van der Waals surface area contributed by atoms with Gasteiger partial charge in [-0.1, -0.05) is 6.92 Å². The number of carbonyl (C=O) groups is 2. The summed E-state index contributed by atoms with van der Waals surface area (Å²) in [6.07, 6.45) is 2.03. The number of fused-ring (bicyclic) bond motifs is 1. The van der Waals surface area contributed by atoms with Crippen LogP contribution >= 0.6 is 0 Å². The summed E-state index contributed by atoms with van der Waals surface area (Å²) in [5.74, 6) is -1.83. The van der Waals surface area contributed by atoms with Gasteiger partial charge in [0.25, 0.3) is 0 Å². The van der Waals surface area contributed by atoms with Gasteiger partial charge in [-0.25, -0.2) is 13.6 Å². The lowest BCUT2D eigenvalue weighted by molar-refractivity contribution is -0.118. The SMILES string of the molecule is CCCNC(=O)NC(=O)CN1CCCc2cc(F)cc(F)c21. The molecule has 1 aromatic rings. The zero-order chi connectivity index (χ0) is 16.1.